The first-order chi connectivity index (χ1) is 11.6. The number of nitrogens with one attached hydrogen (secondary N) is 2. The minimum Gasteiger partial charge on any atom is -0.430 e. The fourth-order valence-corrected chi connectivity index (χ4v) is 2.44. The summed E-state index contributed by atoms with van der Waals surface area (Å²) in [6.45, 7) is 2.91. The maximum atomic E-state index is 12.4. The third kappa shape index (κ3) is 4.35. The lowest BCUT2D eigenvalue weighted by molar-refractivity contribution is -0.115. The molecule has 0 atom stereocenters. The fourth-order valence-electron chi connectivity index (χ4n) is 2.44. The predicted octanol–water partition coefficient (Wildman–Crippen LogP) is 0.980. The summed E-state index contributed by atoms with van der Waals surface area (Å²) in [5.41, 5.74) is 0.354. The van der Waals surface area contributed by atoms with Crippen LogP contribution in [0.15, 0.2) is 11.8 Å². The molecule has 0 aliphatic heterocycles. The zero-order chi connectivity index (χ0) is 17.5. The van der Waals surface area contributed by atoms with Gasteiger partial charge < -0.3 is 20.5 Å². The Kier molecular flexibility index (Phi) is 6.36. The van der Waals surface area contributed by atoms with Crippen LogP contribution in [0.25, 0.3) is 0 Å². The van der Waals surface area contributed by atoms with Crippen LogP contribution in [0.2, 0.25) is 0 Å². The molecule has 24 heavy (non-hydrogen) atoms. The third-order valence-corrected chi connectivity index (χ3v) is 3.62. The molecule has 0 radical (unpaired) electrons. The van der Waals surface area contributed by atoms with E-state index in [1.807, 2.05) is 6.92 Å². The molecule has 1 aliphatic carbocycles. The number of ketones is 1. The van der Waals surface area contributed by atoms with E-state index in [1.165, 1.54) is 6.08 Å². The van der Waals surface area contributed by atoms with Crippen LogP contribution in [0.4, 0.5) is 5.82 Å². The number of rotatable bonds is 8. The van der Waals surface area contributed by atoms with Crippen molar-refractivity contribution in [2.45, 2.75) is 32.6 Å². The van der Waals surface area contributed by atoms with Gasteiger partial charge in [-0.05, 0) is 19.8 Å². The van der Waals surface area contributed by atoms with Crippen molar-refractivity contribution in [1.82, 2.24) is 14.9 Å². The van der Waals surface area contributed by atoms with E-state index in [-0.39, 0.29) is 24.3 Å². The summed E-state index contributed by atoms with van der Waals surface area (Å²) in [5, 5.41) is 14.6. The van der Waals surface area contributed by atoms with Gasteiger partial charge in [0.05, 0.1) is 0 Å². The number of ether oxygens (including phenoxy) is 1. The Morgan fingerprint density at radius 1 is 1.46 bits per heavy atom. The Morgan fingerprint density at radius 3 is 2.92 bits per heavy atom. The predicted molar refractivity (Wildman–Crippen MR) is 89.0 cm³/mol. The van der Waals surface area contributed by atoms with Crippen molar-refractivity contribution in [1.29, 1.82) is 0 Å². The summed E-state index contributed by atoms with van der Waals surface area (Å²) in [7, 11) is 1.69. The topological polar surface area (TPSA) is 105 Å². The van der Waals surface area contributed by atoms with E-state index in [0.29, 0.717) is 49.6 Å². The highest BCUT2D eigenvalue weighted by molar-refractivity contribution is 5.97. The summed E-state index contributed by atoms with van der Waals surface area (Å²) in [6, 6.07) is 0.263. The number of allylic oxidation sites excluding steroid dienone is 2. The van der Waals surface area contributed by atoms with Crippen molar-refractivity contribution in [2.75, 3.05) is 25.0 Å². The van der Waals surface area contributed by atoms with Crippen LogP contribution in [-0.2, 0) is 11.8 Å². The summed E-state index contributed by atoms with van der Waals surface area (Å²) in [5.74, 6) is 0.742. The van der Waals surface area contributed by atoms with Crippen LogP contribution in [0.3, 0.4) is 0 Å². The molecule has 1 aliphatic rings. The maximum absolute atomic E-state index is 12.4. The van der Waals surface area contributed by atoms with Crippen molar-refractivity contribution in [3.8, 4) is 6.01 Å². The molecule has 0 saturated carbocycles. The second-order valence-corrected chi connectivity index (χ2v) is 5.55. The Balaban J connectivity index is 2.22. The molecule has 0 unspecified atom stereocenters. The number of hydrogen-bond donors (Lipinski definition) is 3. The normalized spacial score (nSPS) is 14.3. The molecule has 2 rings (SSSR count). The molecule has 8 nitrogen and oxygen atoms in total. The second-order valence-electron chi connectivity index (χ2n) is 5.55. The van der Waals surface area contributed by atoms with Crippen molar-refractivity contribution in [2.24, 2.45) is 7.05 Å². The van der Waals surface area contributed by atoms with Gasteiger partial charge in [0.2, 0.25) is 0 Å². The van der Waals surface area contributed by atoms with Crippen molar-refractivity contribution in [3.63, 3.8) is 0 Å². The number of aromatic nitrogens is 2. The molecule has 1 amide bonds. The Morgan fingerprint density at radius 2 is 2.25 bits per heavy atom. The first kappa shape index (κ1) is 18.0. The number of aliphatic hydroxyl groups is 1. The van der Waals surface area contributed by atoms with Crippen LogP contribution in [0.1, 0.15) is 43.1 Å². The largest absolute Gasteiger partial charge is 0.430 e. The van der Waals surface area contributed by atoms with E-state index in [4.69, 9.17) is 9.84 Å². The van der Waals surface area contributed by atoms with Gasteiger partial charge in [-0.3, -0.25) is 14.2 Å². The minimum atomic E-state index is -0.294. The maximum Gasteiger partial charge on any atom is 0.303 e. The lowest BCUT2D eigenvalue weighted by Gasteiger charge is -2.13. The first-order valence-corrected chi connectivity index (χ1v) is 8.17. The molecule has 0 bridgehead atoms. The van der Waals surface area contributed by atoms with Crippen LogP contribution in [-0.4, -0.2) is 46.0 Å². The van der Waals surface area contributed by atoms with Gasteiger partial charge in [0, 0.05) is 45.7 Å². The molecule has 1 aromatic heterocycles. The Labute approximate surface area is 140 Å². The van der Waals surface area contributed by atoms with Gasteiger partial charge in [-0.15, -0.1) is 0 Å². The number of aliphatic hydroxyl groups excluding tert-OH is 1. The highest BCUT2D eigenvalue weighted by atomic mass is 16.5. The van der Waals surface area contributed by atoms with Crippen LogP contribution >= 0.6 is 0 Å². The van der Waals surface area contributed by atoms with Crippen LogP contribution < -0.4 is 15.4 Å². The molecule has 1 aromatic rings. The average molecular weight is 336 g/mol. The van der Waals surface area contributed by atoms with Gasteiger partial charge in [-0.1, -0.05) is 0 Å². The van der Waals surface area contributed by atoms with Gasteiger partial charge in [-0.25, -0.2) is 0 Å². The molecule has 1 heterocycles. The number of hydrogen-bond acceptors (Lipinski definition) is 6. The van der Waals surface area contributed by atoms with Gasteiger partial charge in [0.1, 0.15) is 5.76 Å². The molecule has 0 fully saturated rings. The highest BCUT2D eigenvalue weighted by Gasteiger charge is 2.23. The molecule has 132 valence electrons. The summed E-state index contributed by atoms with van der Waals surface area (Å²) in [6.07, 6.45) is 3.94. The number of imidazole rings is 1. The zero-order valence-corrected chi connectivity index (χ0v) is 14.1. The lowest BCUT2D eigenvalue weighted by Crippen LogP contribution is -2.27. The van der Waals surface area contributed by atoms with E-state index >= 15 is 0 Å². The molecule has 0 saturated heterocycles. The molecule has 3 N–H and O–H groups in total. The number of carbonyl (C=O) groups is 2. The highest BCUT2D eigenvalue weighted by Crippen LogP contribution is 2.25. The number of nitrogens with zero attached hydrogens (tertiary/aromatic N) is 2. The molecule has 0 spiro atoms. The smallest absolute Gasteiger partial charge is 0.303 e. The molecular formula is C16H24N4O4. The van der Waals surface area contributed by atoms with Crippen molar-refractivity contribution >= 4 is 17.5 Å². The number of anilines is 1. The minimum absolute atomic E-state index is 0.0161. The van der Waals surface area contributed by atoms with Crippen LogP contribution in [0, 0.1) is 0 Å². The standard InChI is InChI=1S/C16H24N4O4/c1-3-17-14-13(15(23)18-8-5-9-21)20(2)16(19-14)24-12-7-4-6-11(22)10-12/h10,17,21H,3-9H2,1-2H3,(H,18,23). The van der Waals surface area contributed by atoms with E-state index in [2.05, 4.69) is 15.6 Å². The van der Waals surface area contributed by atoms with E-state index in [0.717, 1.165) is 6.42 Å². The van der Waals surface area contributed by atoms with E-state index < -0.39 is 0 Å². The summed E-state index contributed by atoms with van der Waals surface area (Å²) < 4.78 is 7.29. The van der Waals surface area contributed by atoms with Crippen molar-refractivity contribution < 1.29 is 19.4 Å². The average Bonchev–Trinajstić information content (AvgIpc) is 2.84. The van der Waals surface area contributed by atoms with E-state index in [1.54, 1.807) is 11.6 Å². The second kappa shape index (κ2) is 8.49. The van der Waals surface area contributed by atoms with Gasteiger partial charge >= 0.3 is 6.01 Å². The third-order valence-electron chi connectivity index (χ3n) is 3.62. The number of amides is 1. The first-order valence-electron chi connectivity index (χ1n) is 8.17. The Bertz CT molecular complexity index is 636. The zero-order valence-electron chi connectivity index (χ0n) is 14.1. The quantitative estimate of drug-likeness (QED) is 0.611. The summed E-state index contributed by atoms with van der Waals surface area (Å²) in [4.78, 5) is 28.2. The molecule has 8 heteroatoms. The van der Waals surface area contributed by atoms with Crippen molar-refractivity contribution in [3.05, 3.63) is 17.5 Å². The van der Waals surface area contributed by atoms with Gasteiger partial charge in [0.25, 0.3) is 5.91 Å². The SMILES string of the molecule is CCNc1nc(OC2=CC(=O)CCC2)n(C)c1C(=O)NCCCO. The lowest BCUT2D eigenvalue weighted by atomic mass is 10.1. The monoisotopic (exact) mass is 336 g/mol. The van der Waals surface area contributed by atoms with E-state index in [9.17, 15) is 9.59 Å². The Hall–Kier alpha value is -2.35. The molecule has 0 aromatic carbocycles. The van der Waals surface area contributed by atoms with Crippen LogP contribution in [0.5, 0.6) is 6.01 Å². The fraction of sp³-hybridized carbons (Fsp3) is 0.562. The van der Waals surface area contributed by atoms with Gasteiger partial charge in [0.15, 0.2) is 17.3 Å². The number of carbonyl (C=O) groups excluding carboxylic acids is 2. The van der Waals surface area contributed by atoms with Gasteiger partial charge in [-0.2, -0.15) is 4.98 Å². The summed E-state index contributed by atoms with van der Waals surface area (Å²) >= 11 is 0. The molecular weight excluding hydrogens is 312 g/mol.